The fourth-order valence-electron chi connectivity index (χ4n) is 1.82. The lowest BCUT2D eigenvalue weighted by Crippen LogP contribution is -2.06. The topological polar surface area (TPSA) is 46.2 Å². The minimum Gasteiger partial charge on any atom is -0.398 e. The van der Waals surface area contributed by atoms with E-state index in [4.69, 9.17) is 5.73 Å². The number of nitrogens with two attached hydrogens (primary N) is 1. The van der Waals surface area contributed by atoms with E-state index in [1.807, 2.05) is 24.3 Å². The van der Waals surface area contributed by atoms with Gasteiger partial charge in [0.2, 0.25) is 0 Å². The minimum atomic E-state index is -0.820. The highest BCUT2D eigenvalue weighted by atomic mass is 79.9. The predicted octanol–water partition coefficient (Wildman–Crippen LogP) is 3.45. The molecule has 3 N–H and O–H groups in total. The number of aliphatic hydroxyl groups excluding tert-OH is 1. The molecule has 0 radical (unpaired) electrons. The van der Waals surface area contributed by atoms with E-state index >= 15 is 0 Å². The number of hydrogen-bond donors (Lipinski definition) is 2. The molecule has 0 saturated carbocycles. The van der Waals surface area contributed by atoms with Crippen molar-refractivity contribution in [1.82, 2.24) is 0 Å². The van der Waals surface area contributed by atoms with Crippen LogP contribution in [0.1, 0.15) is 17.2 Å². The summed E-state index contributed by atoms with van der Waals surface area (Å²) in [7, 11) is 0. The van der Waals surface area contributed by atoms with Crippen molar-refractivity contribution < 1.29 is 9.50 Å². The molecule has 18 heavy (non-hydrogen) atoms. The SMILES string of the molecule is Nc1ccc(F)cc1C(O)Cc1ccccc1Br. The van der Waals surface area contributed by atoms with Gasteiger partial charge in [-0.2, -0.15) is 0 Å². The van der Waals surface area contributed by atoms with Crippen molar-refractivity contribution in [2.45, 2.75) is 12.5 Å². The molecule has 0 aliphatic rings. The summed E-state index contributed by atoms with van der Waals surface area (Å²) in [6, 6.07) is 11.6. The molecule has 0 aliphatic carbocycles. The third kappa shape index (κ3) is 2.89. The molecular formula is C14H13BrFNO. The van der Waals surface area contributed by atoms with Crippen LogP contribution in [-0.2, 0) is 6.42 Å². The van der Waals surface area contributed by atoms with Crippen LogP contribution in [0.3, 0.4) is 0 Å². The Hall–Kier alpha value is -1.39. The Morgan fingerprint density at radius 3 is 2.67 bits per heavy atom. The van der Waals surface area contributed by atoms with Crippen molar-refractivity contribution in [2.24, 2.45) is 0 Å². The Balaban J connectivity index is 2.25. The van der Waals surface area contributed by atoms with Gasteiger partial charge >= 0.3 is 0 Å². The fraction of sp³-hybridized carbons (Fsp3) is 0.143. The monoisotopic (exact) mass is 309 g/mol. The zero-order valence-electron chi connectivity index (χ0n) is 9.61. The van der Waals surface area contributed by atoms with Gasteiger partial charge < -0.3 is 10.8 Å². The van der Waals surface area contributed by atoms with Crippen LogP contribution in [0.25, 0.3) is 0 Å². The van der Waals surface area contributed by atoms with Crippen LogP contribution in [0.5, 0.6) is 0 Å². The summed E-state index contributed by atoms with van der Waals surface area (Å²) in [5.74, 6) is -0.398. The maximum absolute atomic E-state index is 13.1. The van der Waals surface area contributed by atoms with Gasteiger partial charge in [0.25, 0.3) is 0 Å². The number of nitrogen functional groups attached to an aromatic ring is 1. The number of anilines is 1. The summed E-state index contributed by atoms with van der Waals surface area (Å²) >= 11 is 3.41. The lowest BCUT2D eigenvalue weighted by molar-refractivity contribution is 0.178. The van der Waals surface area contributed by atoms with E-state index in [-0.39, 0.29) is 0 Å². The van der Waals surface area contributed by atoms with Gasteiger partial charge in [0.15, 0.2) is 0 Å². The van der Waals surface area contributed by atoms with E-state index in [0.717, 1.165) is 10.0 Å². The lowest BCUT2D eigenvalue weighted by atomic mass is 10.00. The second-order valence-corrected chi connectivity index (χ2v) is 4.94. The predicted molar refractivity (Wildman–Crippen MR) is 73.6 cm³/mol. The molecule has 2 nitrogen and oxygen atoms in total. The van der Waals surface area contributed by atoms with Crippen molar-refractivity contribution in [3.63, 3.8) is 0 Å². The molecule has 0 spiro atoms. The molecule has 94 valence electrons. The number of rotatable bonds is 3. The lowest BCUT2D eigenvalue weighted by Gasteiger charge is -2.14. The summed E-state index contributed by atoms with van der Waals surface area (Å²) in [5.41, 5.74) is 7.52. The van der Waals surface area contributed by atoms with Gasteiger partial charge in [-0.05, 0) is 29.8 Å². The minimum absolute atomic E-state index is 0.384. The number of benzene rings is 2. The Morgan fingerprint density at radius 2 is 1.94 bits per heavy atom. The van der Waals surface area contributed by atoms with Gasteiger partial charge in [-0.1, -0.05) is 34.1 Å². The molecule has 0 amide bonds. The first-order valence-corrected chi connectivity index (χ1v) is 6.33. The summed E-state index contributed by atoms with van der Waals surface area (Å²) in [6.07, 6.45) is -0.436. The second kappa shape index (κ2) is 5.50. The Labute approximate surface area is 113 Å². The molecule has 0 aromatic heterocycles. The largest absolute Gasteiger partial charge is 0.398 e. The van der Waals surface area contributed by atoms with E-state index in [0.29, 0.717) is 17.7 Å². The maximum Gasteiger partial charge on any atom is 0.123 e. The molecule has 2 aromatic carbocycles. The molecular weight excluding hydrogens is 297 g/mol. The normalized spacial score (nSPS) is 12.4. The van der Waals surface area contributed by atoms with E-state index in [1.54, 1.807) is 0 Å². The van der Waals surface area contributed by atoms with Crippen molar-refractivity contribution in [1.29, 1.82) is 0 Å². The van der Waals surface area contributed by atoms with E-state index in [2.05, 4.69) is 15.9 Å². The average molecular weight is 310 g/mol. The van der Waals surface area contributed by atoms with Crippen LogP contribution in [0.4, 0.5) is 10.1 Å². The molecule has 2 rings (SSSR count). The summed E-state index contributed by atoms with van der Waals surface area (Å²) in [6.45, 7) is 0. The zero-order chi connectivity index (χ0) is 13.1. The van der Waals surface area contributed by atoms with Gasteiger partial charge in [-0.15, -0.1) is 0 Å². The quantitative estimate of drug-likeness (QED) is 0.853. The maximum atomic E-state index is 13.1. The number of halogens is 2. The molecule has 0 saturated heterocycles. The van der Waals surface area contributed by atoms with E-state index < -0.39 is 11.9 Å². The molecule has 0 aliphatic heterocycles. The first-order valence-electron chi connectivity index (χ1n) is 5.54. The molecule has 0 fully saturated rings. The average Bonchev–Trinajstić information content (AvgIpc) is 2.35. The van der Waals surface area contributed by atoms with Gasteiger partial charge in [-0.25, -0.2) is 4.39 Å². The molecule has 0 heterocycles. The summed E-state index contributed by atoms with van der Waals surface area (Å²) in [4.78, 5) is 0. The highest BCUT2D eigenvalue weighted by Crippen LogP contribution is 2.27. The van der Waals surface area contributed by atoms with Crippen LogP contribution in [0, 0.1) is 5.82 Å². The third-order valence-electron chi connectivity index (χ3n) is 2.78. The summed E-state index contributed by atoms with van der Waals surface area (Å²) in [5, 5.41) is 10.1. The molecule has 0 bridgehead atoms. The molecule has 1 unspecified atom stereocenters. The Morgan fingerprint density at radius 1 is 1.22 bits per heavy atom. The third-order valence-corrected chi connectivity index (χ3v) is 3.55. The van der Waals surface area contributed by atoms with Crippen LogP contribution >= 0.6 is 15.9 Å². The Kier molecular flexibility index (Phi) is 3.99. The summed E-state index contributed by atoms with van der Waals surface area (Å²) < 4.78 is 14.1. The van der Waals surface area contributed by atoms with Crippen molar-refractivity contribution in [3.8, 4) is 0 Å². The molecule has 2 aromatic rings. The first-order chi connectivity index (χ1) is 8.58. The van der Waals surface area contributed by atoms with Crippen LogP contribution < -0.4 is 5.73 Å². The van der Waals surface area contributed by atoms with Crippen molar-refractivity contribution in [2.75, 3.05) is 5.73 Å². The fourth-order valence-corrected chi connectivity index (χ4v) is 2.26. The van der Waals surface area contributed by atoms with Crippen LogP contribution in [0.2, 0.25) is 0 Å². The van der Waals surface area contributed by atoms with Crippen molar-refractivity contribution in [3.05, 3.63) is 63.9 Å². The van der Waals surface area contributed by atoms with Gasteiger partial charge in [-0.3, -0.25) is 0 Å². The van der Waals surface area contributed by atoms with Crippen LogP contribution in [-0.4, -0.2) is 5.11 Å². The highest BCUT2D eigenvalue weighted by Gasteiger charge is 2.14. The van der Waals surface area contributed by atoms with Crippen LogP contribution in [0.15, 0.2) is 46.9 Å². The molecule has 4 heteroatoms. The smallest absolute Gasteiger partial charge is 0.123 e. The zero-order valence-corrected chi connectivity index (χ0v) is 11.2. The standard InChI is InChI=1S/C14H13BrFNO/c15-12-4-2-1-3-9(12)7-14(18)11-8-10(16)5-6-13(11)17/h1-6,8,14,18H,7,17H2. The first kappa shape index (κ1) is 13.1. The van der Waals surface area contributed by atoms with E-state index in [1.165, 1.54) is 18.2 Å². The number of aliphatic hydroxyl groups is 1. The van der Waals surface area contributed by atoms with Gasteiger partial charge in [0.1, 0.15) is 5.82 Å². The Bertz CT molecular complexity index is 559. The highest BCUT2D eigenvalue weighted by molar-refractivity contribution is 9.10. The molecule has 1 atom stereocenters. The van der Waals surface area contributed by atoms with Gasteiger partial charge in [0, 0.05) is 22.1 Å². The second-order valence-electron chi connectivity index (χ2n) is 4.08. The number of hydrogen-bond acceptors (Lipinski definition) is 2. The van der Waals surface area contributed by atoms with E-state index in [9.17, 15) is 9.50 Å². The van der Waals surface area contributed by atoms with Crippen molar-refractivity contribution >= 4 is 21.6 Å². The van der Waals surface area contributed by atoms with Gasteiger partial charge in [0.05, 0.1) is 6.10 Å².